The Labute approximate surface area is 107 Å². The fourth-order valence-corrected chi connectivity index (χ4v) is 2.30. The molecule has 1 unspecified atom stereocenters. The third kappa shape index (κ3) is 2.79. The van der Waals surface area contributed by atoms with Crippen LogP contribution in [0.4, 0.5) is 0 Å². The van der Waals surface area contributed by atoms with Crippen molar-refractivity contribution in [1.29, 1.82) is 0 Å². The average Bonchev–Trinajstić information content (AvgIpc) is 2.27. The maximum atomic E-state index is 5.28. The minimum absolute atomic E-state index is 0.265. The third-order valence-corrected chi connectivity index (χ3v) is 5.08. The van der Waals surface area contributed by atoms with Crippen molar-refractivity contribution in [2.45, 2.75) is 38.9 Å². The highest BCUT2D eigenvalue weighted by molar-refractivity contribution is 9.09. The highest BCUT2D eigenvalue weighted by atomic mass is 79.9. The fraction of sp³-hybridized carbons (Fsp3) is 0.571. The van der Waals surface area contributed by atoms with E-state index >= 15 is 0 Å². The van der Waals surface area contributed by atoms with Crippen LogP contribution in [-0.2, 0) is 0 Å². The molecule has 0 spiro atoms. The SMILES string of the molecule is CCC(C)(C)C(Br)c1ccc(OC)c(C)c1. The van der Waals surface area contributed by atoms with Gasteiger partial charge in [-0.05, 0) is 36.0 Å². The van der Waals surface area contributed by atoms with Crippen molar-refractivity contribution in [3.8, 4) is 5.75 Å². The number of alkyl halides is 1. The van der Waals surface area contributed by atoms with Gasteiger partial charge in [-0.25, -0.2) is 0 Å². The summed E-state index contributed by atoms with van der Waals surface area (Å²) in [5.74, 6) is 0.956. The molecule has 90 valence electrons. The van der Waals surface area contributed by atoms with Crippen LogP contribution in [0, 0.1) is 12.3 Å². The molecule has 0 aliphatic carbocycles. The summed E-state index contributed by atoms with van der Waals surface area (Å²) in [4.78, 5) is 0.384. The lowest BCUT2D eigenvalue weighted by atomic mass is 9.83. The van der Waals surface area contributed by atoms with Crippen LogP contribution < -0.4 is 4.74 Å². The van der Waals surface area contributed by atoms with E-state index in [1.165, 1.54) is 11.1 Å². The number of ether oxygens (including phenoxy) is 1. The molecule has 1 rings (SSSR count). The molecule has 0 amide bonds. The largest absolute Gasteiger partial charge is 0.496 e. The van der Waals surface area contributed by atoms with Crippen LogP contribution >= 0.6 is 15.9 Å². The van der Waals surface area contributed by atoms with Gasteiger partial charge in [0.2, 0.25) is 0 Å². The van der Waals surface area contributed by atoms with Gasteiger partial charge in [0.1, 0.15) is 5.75 Å². The molecule has 0 fully saturated rings. The predicted octanol–water partition coefficient (Wildman–Crippen LogP) is 4.88. The van der Waals surface area contributed by atoms with Gasteiger partial charge >= 0.3 is 0 Å². The highest BCUT2D eigenvalue weighted by Crippen LogP contribution is 2.43. The van der Waals surface area contributed by atoms with E-state index in [-0.39, 0.29) is 5.41 Å². The Morgan fingerprint density at radius 1 is 1.38 bits per heavy atom. The summed E-state index contributed by atoms with van der Waals surface area (Å²) < 4.78 is 5.28. The number of rotatable bonds is 4. The minimum Gasteiger partial charge on any atom is -0.496 e. The molecule has 0 heterocycles. The van der Waals surface area contributed by atoms with Gasteiger partial charge in [0.05, 0.1) is 7.11 Å². The molecule has 16 heavy (non-hydrogen) atoms. The van der Waals surface area contributed by atoms with Gasteiger partial charge in [0.15, 0.2) is 0 Å². The van der Waals surface area contributed by atoms with Crippen LogP contribution in [0.1, 0.15) is 43.1 Å². The minimum atomic E-state index is 0.265. The second-order valence-electron chi connectivity index (χ2n) is 4.93. The Hall–Kier alpha value is -0.500. The molecular formula is C14H21BrO. The van der Waals surface area contributed by atoms with Gasteiger partial charge in [-0.2, -0.15) is 0 Å². The molecule has 1 atom stereocenters. The van der Waals surface area contributed by atoms with Crippen LogP contribution in [0.25, 0.3) is 0 Å². The molecule has 0 saturated heterocycles. The third-order valence-electron chi connectivity index (χ3n) is 3.31. The van der Waals surface area contributed by atoms with Crippen molar-refractivity contribution in [3.63, 3.8) is 0 Å². The van der Waals surface area contributed by atoms with Crippen LogP contribution in [-0.4, -0.2) is 7.11 Å². The molecule has 0 radical (unpaired) electrons. The van der Waals surface area contributed by atoms with Gasteiger partial charge in [0, 0.05) is 4.83 Å². The summed E-state index contributed by atoms with van der Waals surface area (Å²) in [6.07, 6.45) is 1.15. The Bertz CT molecular complexity index is 358. The van der Waals surface area contributed by atoms with Crippen LogP contribution in [0.3, 0.4) is 0 Å². The molecule has 0 saturated carbocycles. The molecular weight excluding hydrogens is 264 g/mol. The van der Waals surface area contributed by atoms with E-state index in [0.29, 0.717) is 4.83 Å². The van der Waals surface area contributed by atoms with Crippen molar-refractivity contribution in [3.05, 3.63) is 29.3 Å². The lowest BCUT2D eigenvalue weighted by molar-refractivity contribution is 0.345. The molecule has 1 aromatic carbocycles. The Balaban J connectivity index is 3.02. The van der Waals surface area contributed by atoms with E-state index < -0.39 is 0 Å². The number of benzene rings is 1. The zero-order valence-corrected chi connectivity index (χ0v) is 12.4. The standard InChI is InChI=1S/C14H21BrO/c1-6-14(3,4)13(15)11-7-8-12(16-5)10(2)9-11/h7-9,13H,6H2,1-5H3. The molecule has 0 N–H and O–H groups in total. The van der Waals surface area contributed by atoms with E-state index in [0.717, 1.165) is 12.2 Å². The quantitative estimate of drug-likeness (QED) is 0.717. The Kier molecular flexibility index (Phi) is 4.43. The lowest BCUT2D eigenvalue weighted by Gasteiger charge is -2.29. The summed E-state index contributed by atoms with van der Waals surface area (Å²) in [6, 6.07) is 6.39. The molecule has 0 aromatic heterocycles. The van der Waals surface area contributed by atoms with E-state index in [2.05, 4.69) is 55.8 Å². The first kappa shape index (κ1) is 13.6. The molecule has 0 aliphatic heterocycles. The van der Waals surface area contributed by atoms with Gasteiger partial charge in [-0.1, -0.05) is 48.8 Å². The average molecular weight is 285 g/mol. The number of hydrogen-bond acceptors (Lipinski definition) is 1. The van der Waals surface area contributed by atoms with Gasteiger partial charge in [0.25, 0.3) is 0 Å². The first-order chi connectivity index (χ1) is 7.42. The van der Waals surface area contributed by atoms with Crippen molar-refractivity contribution in [1.82, 2.24) is 0 Å². The lowest BCUT2D eigenvalue weighted by Crippen LogP contribution is -2.16. The summed E-state index contributed by atoms with van der Waals surface area (Å²) in [5, 5.41) is 0. The maximum absolute atomic E-state index is 5.28. The monoisotopic (exact) mass is 284 g/mol. The second-order valence-corrected chi connectivity index (χ2v) is 5.85. The van der Waals surface area contributed by atoms with Crippen molar-refractivity contribution in [2.24, 2.45) is 5.41 Å². The van der Waals surface area contributed by atoms with Crippen molar-refractivity contribution >= 4 is 15.9 Å². The van der Waals surface area contributed by atoms with Gasteiger partial charge in [-0.15, -0.1) is 0 Å². The number of aryl methyl sites for hydroxylation is 1. The Morgan fingerprint density at radius 2 is 2.00 bits per heavy atom. The van der Waals surface area contributed by atoms with Crippen LogP contribution in [0.5, 0.6) is 5.75 Å². The first-order valence-corrected chi connectivity index (χ1v) is 6.62. The summed E-state index contributed by atoms with van der Waals surface area (Å²) in [7, 11) is 1.71. The van der Waals surface area contributed by atoms with Crippen molar-refractivity contribution < 1.29 is 4.74 Å². The Morgan fingerprint density at radius 3 is 2.44 bits per heavy atom. The molecule has 1 nitrogen and oxygen atoms in total. The topological polar surface area (TPSA) is 9.23 Å². The molecule has 0 aliphatic rings. The highest BCUT2D eigenvalue weighted by Gasteiger charge is 2.26. The predicted molar refractivity (Wildman–Crippen MR) is 73.5 cm³/mol. The molecule has 2 heteroatoms. The number of methoxy groups -OCH3 is 1. The second kappa shape index (κ2) is 5.22. The molecule has 1 aromatic rings. The van der Waals surface area contributed by atoms with E-state index in [1.807, 2.05) is 6.07 Å². The number of hydrogen-bond donors (Lipinski definition) is 0. The summed E-state index contributed by atoms with van der Waals surface area (Å²) >= 11 is 3.81. The summed E-state index contributed by atoms with van der Waals surface area (Å²) in [5.41, 5.74) is 2.78. The maximum Gasteiger partial charge on any atom is 0.121 e. The number of halogens is 1. The van der Waals surface area contributed by atoms with Crippen molar-refractivity contribution in [2.75, 3.05) is 7.11 Å². The summed E-state index contributed by atoms with van der Waals surface area (Å²) in [6.45, 7) is 8.88. The van der Waals surface area contributed by atoms with Gasteiger partial charge < -0.3 is 4.74 Å². The molecule has 0 bridgehead atoms. The van der Waals surface area contributed by atoms with E-state index in [4.69, 9.17) is 4.74 Å². The zero-order valence-electron chi connectivity index (χ0n) is 10.8. The van der Waals surface area contributed by atoms with Crippen LogP contribution in [0.15, 0.2) is 18.2 Å². The van der Waals surface area contributed by atoms with E-state index in [1.54, 1.807) is 7.11 Å². The smallest absolute Gasteiger partial charge is 0.121 e. The first-order valence-electron chi connectivity index (χ1n) is 5.71. The van der Waals surface area contributed by atoms with E-state index in [9.17, 15) is 0 Å². The normalized spacial score (nSPS) is 13.6. The fourth-order valence-electron chi connectivity index (χ4n) is 1.69. The van der Waals surface area contributed by atoms with Crippen LogP contribution in [0.2, 0.25) is 0 Å². The van der Waals surface area contributed by atoms with Gasteiger partial charge in [-0.3, -0.25) is 0 Å². The zero-order chi connectivity index (χ0) is 12.3.